The molecule has 1 aromatic carbocycles. The smallest absolute Gasteiger partial charge is 0.290 e. The van der Waals surface area contributed by atoms with E-state index in [9.17, 15) is 38.7 Å². The number of carbonyl (C=O) groups excluding carboxylic acids is 7. The van der Waals surface area contributed by atoms with E-state index in [1.165, 1.54) is 29.2 Å². The van der Waals surface area contributed by atoms with Crippen molar-refractivity contribution >= 4 is 47.7 Å². The van der Waals surface area contributed by atoms with E-state index in [4.69, 9.17) is 11.5 Å². The Morgan fingerprint density at radius 2 is 1.76 bits per heavy atom. The zero-order chi connectivity index (χ0) is 36.8. The van der Waals surface area contributed by atoms with E-state index >= 15 is 0 Å². The van der Waals surface area contributed by atoms with E-state index in [1.54, 1.807) is 12.1 Å². The summed E-state index contributed by atoms with van der Waals surface area (Å²) in [6.45, 7) is 3.65. The van der Waals surface area contributed by atoms with Gasteiger partial charge in [0.1, 0.15) is 23.9 Å². The van der Waals surface area contributed by atoms with Crippen molar-refractivity contribution in [2.45, 2.75) is 82.6 Å². The Labute approximate surface area is 290 Å². The van der Waals surface area contributed by atoms with Gasteiger partial charge in [-0.1, -0.05) is 32.1 Å². The Hall–Kier alpha value is -5.48. The molecule has 1 saturated heterocycles. The standard InChI is InChI=1S/C33H47N9O8/c1-19(2)15-24-29(47)39-21(16-20-7-10-22(44)11-8-20)9-12-27(45)37-17-25(38-18-43)32(50)42-14-4-6-26(42)30(48)40-23(28(46)31(49)41-24)5-3-13-36-33(34)35/h7-12,18-19,21,23-26,44H,3-6,13-17H2,1-2H3,(H,37,45)(H,38,43)(H,39,47)(H,40,48)(H,41,49)(H4,34,35,36). The van der Waals surface area contributed by atoms with Gasteiger partial charge < -0.3 is 48.1 Å². The third kappa shape index (κ3) is 11.9. The summed E-state index contributed by atoms with van der Waals surface area (Å²) >= 11 is 0. The number of aromatic hydroxyl groups is 1. The number of aliphatic imine (C=N–C) groups is 1. The average molecular weight is 698 g/mol. The molecule has 3 rings (SSSR count). The van der Waals surface area contributed by atoms with Crippen LogP contribution in [0.25, 0.3) is 0 Å². The van der Waals surface area contributed by atoms with Gasteiger partial charge in [-0.2, -0.15) is 0 Å². The van der Waals surface area contributed by atoms with Crippen molar-refractivity contribution in [2.24, 2.45) is 22.4 Å². The normalized spacial score (nSPS) is 24.1. The van der Waals surface area contributed by atoms with Crippen molar-refractivity contribution in [3.05, 3.63) is 42.0 Å². The molecule has 5 atom stereocenters. The maximum absolute atomic E-state index is 13.7. The lowest BCUT2D eigenvalue weighted by molar-refractivity contribution is -0.143. The molecule has 2 aliphatic heterocycles. The van der Waals surface area contributed by atoms with Gasteiger partial charge in [-0.3, -0.25) is 38.6 Å². The second kappa shape index (κ2) is 18.9. The number of carbonyl (C=O) groups is 7. The summed E-state index contributed by atoms with van der Waals surface area (Å²) in [6.07, 6.45) is 4.14. The number of nitrogens with one attached hydrogen (secondary N) is 5. The molecule has 0 radical (unpaired) electrons. The maximum atomic E-state index is 13.7. The van der Waals surface area contributed by atoms with Gasteiger partial charge in [0.2, 0.25) is 35.8 Å². The molecular formula is C33H47N9O8. The molecule has 0 spiro atoms. The number of Topliss-reactive ketones (excluding diaryl/α,β-unsaturated/α-hetero) is 1. The van der Waals surface area contributed by atoms with E-state index in [-0.39, 0.29) is 69.4 Å². The highest BCUT2D eigenvalue weighted by molar-refractivity contribution is 6.38. The summed E-state index contributed by atoms with van der Waals surface area (Å²) in [5.41, 5.74) is 11.5. The van der Waals surface area contributed by atoms with Gasteiger partial charge in [-0.15, -0.1) is 0 Å². The Balaban J connectivity index is 2.00. The first-order valence-corrected chi connectivity index (χ1v) is 16.5. The van der Waals surface area contributed by atoms with Crippen LogP contribution in [0, 0.1) is 5.92 Å². The second-order valence-corrected chi connectivity index (χ2v) is 12.6. The van der Waals surface area contributed by atoms with Crippen LogP contribution in [0.4, 0.5) is 0 Å². The van der Waals surface area contributed by atoms with Crippen molar-refractivity contribution in [2.75, 3.05) is 19.6 Å². The first-order chi connectivity index (χ1) is 23.8. The number of ketones is 1. The van der Waals surface area contributed by atoms with Gasteiger partial charge in [0.25, 0.3) is 5.91 Å². The number of nitrogens with two attached hydrogens (primary N) is 2. The number of nitrogens with zero attached hydrogens (tertiary/aromatic N) is 2. The zero-order valence-electron chi connectivity index (χ0n) is 28.2. The minimum atomic E-state index is -1.34. The van der Waals surface area contributed by atoms with Gasteiger partial charge >= 0.3 is 0 Å². The number of hydrogen-bond donors (Lipinski definition) is 8. The lowest BCUT2D eigenvalue weighted by atomic mass is 10.00. The Morgan fingerprint density at radius 1 is 1.04 bits per heavy atom. The fourth-order valence-electron chi connectivity index (χ4n) is 5.74. The molecule has 10 N–H and O–H groups in total. The van der Waals surface area contributed by atoms with E-state index in [1.807, 2.05) is 13.8 Å². The summed E-state index contributed by atoms with van der Waals surface area (Å²) in [5, 5.41) is 22.6. The monoisotopic (exact) mass is 697 g/mol. The number of phenols is 1. The van der Waals surface area contributed by atoms with E-state index in [0.29, 0.717) is 18.4 Å². The molecule has 6 amide bonds. The van der Waals surface area contributed by atoms with Crippen LogP contribution in [-0.2, 0) is 40.0 Å². The average Bonchev–Trinajstić information content (AvgIpc) is 3.56. The lowest BCUT2D eigenvalue weighted by Crippen LogP contribution is -2.58. The molecule has 17 nitrogen and oxygen atoms in total. The largest absolute Gasteiger partial charge is 0.508 e. The highest BCUT2D eigenvalue weighted by Gasteiger charge is 2.39. The molecule has 2 aliphatic rings. The topological polar surface area (TPSA) is 268 Å². The van der Waals surface area contributed by atoms with Crippen LogP contribution in [0.5, 0.6) is 5.75 Å². The van der Waals surface area contributed by atoms with Crippen LogP contribution in [0.15, 0.2) is 41.4 Å². The van der Waals surface area contributed by atoms with Crippen molar-refractivity contribution in [1.29, 1.82) is 0 Å². The minimum Gasteiger partial charge on any atom is -0.508 e. The molecule has 0 bridgehead atoms. The first kappa shape index (κ1) is 39.0. The van der Waals surface area contributed by atoms with Gasteiger partial charge in [-0.05, 0) is 62.1 Å². The van der Waals surface area contributed by atoms with Crippen LogP contribution in [0.1, 0.15) is 51.5 Å². The molecule has 17 heteroatoms. The van der Waals surface area contributed by atoms with E-state index in [2.05, 4.69) is 31.6 Å². The first-order valence-electron chi connectivity index (χ1n) is 16.5. The molecule has 1 aromatic rings. The van der Waals surface area contributed by atoms with Crippen LogP contribution in [-0.4, -0.2) is 108 Å². The molecule has 0 aromatic heterocycles. The van der Waals surface area contributed by atoms with Crippen LogP contribution in [0.2, 0.25) is 0 Å². The van der Waals surface area contributed by atoms with Crippen LogP contribution >= 0.6 is 0 Å². The predicted molar refractivity (Wildman–Crippen MR) is 182 cm³/mol. The Bertz CT molecular complexity index is 1460. The number of guanidine groups is 1. The number of amides is 6. The van der Waals surface area contributed by atoms with Crippen LogP contribution in [0.3, 0.4) is 0 Å². The molecule has 272 valence electrons. The SMILES string of the molecule is CC(C)CC1NC(=O)C(=O)C(CCCN=C(N)N)NC(=O)C2CCCN2C(=O)C(NC=O)CNC(=O)C=CC(Cc2ccc(O)cc2)NC1=O. The maximum Gasteiger partial charge on any atom is 0.290 e. The summed E-state index contributed by atoms with van der Waals surface area (Å²) < 4.78 is 0. The van der Waals surface area contributed by atoms with Gasteiger partial charge in [0.15, 0.2) is 5.96 Å². The molecule has 50 heavy (non-hydrogen) atoms. The fraction of sp³-hybridized carbons (Fsp3) is 0.515. The summed E-state index contributed by atoms with van der Waals surface area (Å²) in [6, 6.07) is 0.704. The predicted octanol–water partition coefficient (Wildman–Crippen LogP) is -2.15. The molecule has 0 saturated carbocycles. The Kier molecular flexibility index (Phi) is 14.7. The number of phenolic OH excluding ortho intramolecular Hbond substituents is 1. The van der Waals surface area contributed by atoms with E-state index in [0.717, 1.165) is 0 Å². The summed E-state index contributed by atoms with van der Waals surface area (Å²) in [5.74, 6) is -4.89. The quantitative estimate of drug-likeness (QED) is 0.0432. The number of benzene rings is 1. The molecule has 2 heterocycles. The number of fused-ring (bicyclic) bond motifs is 1. The lowest BCUT2D eigenvalue weighted by Gasteiger charge is -2.29. The minimum absolute atomic E-state index is 0.0304. The molecular weight excluding hydrogens is 650 g/mol. The van der Waals surface area contributed by atoms with Crippen molar-refractivity contribution < 1.29 is 38.7 Å². The third-order valence-corrected chi connectivity index (χ3v) is 8.22. The molecule has 0 aliphatic carbocycles. The zero-order valence-corrected chi connectivity index (χ0v) is 28.2. The highest BCUT2D eigenvalue weighted by Crippen LogP contribution is 2.20. The van der Waals surface area contributed by atoms with Crippen molar-refractivity contribution in [3.63, 3.8) is 0 Å². The van der Waals surface area contributed by atoms with Crippen molar-refractivity contribution in [3.8, 4) is 5.75 Å². The molecule has 5 unspecified atom stereocenters. The highest BCUT2D eigenvalue weighted by atomic mass is 16.3. The van der Waals surface area contributed by atoms with Gasteiger partial charge in [0.05, 0.1) is 12.1 Å². The number of rotatable bonds is 10. The van der Waals surface area contributed by atoms with Crippen LogP contribution < -0.4 is 38.1 Å². The van der Waals surface area contributed by atoms with Gasteiger partial charge in [-0.25, -0.2) is 0 Å². The Morgan fingerprint density at radius 3 is 2.42 bits per heavy atom. The summed E-state index contributed by atoms with van der Waals surface area (Å²) in [7, 11) is 0. The van der Waals surface area contributed by atoms with Crippen molar-refractivity contribution in [1.82, 2.24) is 31.5 Å². The van der Waals surface area contributed by atoms with Gasteiger partial charge in [0, 0.05) is 25.7 Å². The molecule has 1 fully saturated rings. The number of hydrogen-bond acceptors (Lipinski definition) is 9. The third-order valence-electron chi connectivity index (χ3n) is 8.22. The van der Waals surface area contributed by atoms with E-state index < -0.39 is 65.5 Å². The fourth-order valence-corrected chi connectivity index (χ4v) is 5.74. The summed E-state index contributed by atoms with van der Waals surface area (Å²) in [4.78, 5) is 97.3. The second-order valence-electron chi connectivity index (χ2n) is 12.6.